The Morgan fingerprint density at radius 2 is 1.81 bits per heavy atom. The Labute approximate surface area is 219 Å². The first kappa shape index (κ1) is 26.7. The largest absolute Gasteiger partial charge is 0.442 e. The van der Waals surface area contributed by atoms with E-state index in [1.165, 1.54) is 11.0 Å². The molecule has 2 N–H and O–H groups in total. The first-order valence-corrected chi connectivity index (χ1v) is 12.5. The molecule has 8 nitrogen and oxygen atoms in total. The predicted octanol–water partition coefficient (Wildman–Crippen LogP) is 4.29. The third kappa shape index (κ3) is 6.16. The number of anilines is 4. The number of cyclic esters (lactones) is 1. The maximum absolute atomic E-state index is 15.2. The average molecular weight is 533 g/mol. The van der Waals surface area contributed by atoms with E-state index in [4.69, 9.17) is 21.7 Å². The Morgan fingerprint density at radius 3 is 2.43 bits per heavy atom. The van der Waals surface area contributed by atoms with Gasteiger partial charge in [0.25, 0.3) is 0 Å². The molecule has 2 aromatic carbocycles. The summed E-state index contributed by atoms with van der Waals surface area (Å²) in [6.45, 7) is 8.17. The number of carbonyl (C=O) groups excluding carboxylic acids is 1. The molecule has 0 unspecified atom stereocenters. The van der Waals surface area contributed by atoms with Gasteiger partial charge in [0.2, 0.25) is 5.43 Å². The van der Waals surface area contributed by atoms with E-state index >= 15 is 8.78 Å². The van der Waals surface area contributed by atoms with Crippen LogP contribution in [0.5, 0.6) is 0 Å². The number of rotatable bonds is 7. The average Bonchev–Trinajstić information content (AvgIpc) is 3.14. The lowest BCUT2D eigenvalue weighted by Crippen LogP contribution is -2.38. The molecule has 11 heteroatoms. The second-order valence-electron chi connectivity index (χ2n) is 9.31. The van der Waals surface area contributed by atoms with Crippen LogP contribution in [0, 0.1) is 11.6 Å². The number of nitrogens with one attached hydrogen (secondary N) is 2. The molecule has 0 aromatic heterocycles. The first-order valence-electron chi connectivity index (χ1n) is 12.1. The Kier molecular flexibility index (Phi) is 8.23. The monoisotopic (exact) mass is 532 g/mol. The summed E-state index contributed by atoms with van der Waals surface area (Å²) in [6.07, 6.45) is -1.20. The molecular weight excluding hydrogens is 502 g/mol. The van der Waals surface area contributed by atoms with E-state index < -0.39 is 23.8 Å². The molecule has 0 saturated carbocycles. The van der Waals surface area contributed by atoms with Crippen LogP contribution in [-0.4, -0.2) is 56.6 Å². The van der Waals surface area contributed by atoms with Gasteiger partial charge >= 0.3 is 6.09 Å². The molecule has 198 valence electrons. The molecule has 2 aliphatic rings. The smallest absolute Gasteiger partial charge is 0.414 e. The maximum atomic E-state index is 15.2. The van der Waals surface area contributed by atoms with Crippen LogP contribution in [0.15, 0.2) is 35.1 Å². The van der Waals surface area contributed by atoms with Crippen molar-refractivity contribution in [3.05, 3.63) is 57.8 Å². The van der Waals surface area contributed by atoms with Gasteiger partial charge in [0.05, 0.1) is 42.7 Å². The molecule has 0 spiro atoms. The summed E-state index contributed by atoms with van der Waals surface area (Å²) >= 11 is 4.97. The number of ether oxygens (including phenoxy) is 2. The van der Waals surface area contributed by atoms with Crippen LogP contribution in [0.4, 0.5) is 36.3 Å². The van der Waals surface area contributed by atoms with Gasteiger partial charge in [-0.1, -0.05) is 26.1 Å². The third-order valence-electron chi connectivity index (χ3n) is 6.28. The van der Waals surface area contributed by atoms with Crippen LogP contribution in [-0.2, 0) is 9.47 Å². The van der Waals surface area contributed by atoms with Crippen molar-refractivity contribution < 1.29 is 23.0 Å². The quantitative estimate of drug-likeness (QED) is 0.511. The third-order valence-corrected chi connectivity index (χ3v) is 6.43. The highest BCUT2D eigenvalue weighted by molar-refractivity contribution is 7.80. The lowest BCUT2D eigenvalue weighted by atomic mass is 10.0. The highest BCUT2D eigenvalue weighted by Gasteiger charge is 2.33. The van der Waals surface area contributed by atoms with E-state index in [9.17, 15) is 9.59 Å². The Bertz CT molecular complexity index is 1230. The van der Waals surface area contributed by atoms with Crippen molar-refractivity contribution in [2.75, 3.05) is 54.5 Å². The second-order valence-corrected chi connectivity index (χ2v) is 9.93. The number of halogens is 2. The van der Waals surface area contributed by atoms with Gasteiger partial charge in [-0.3, -0.25) is 9.69 Å². The fraction of sp³-hybridized carbons (Fsp3) is 0.423. The highest BCUT2D eigenvalue weighted by atomic mass is 32.1. The van der Waals surface area contributed by atoms with Crippen molar-refractivity contribution in [1.29, 1.82) is 0 Å². The van der Waals surface area contributed by atoms with Gasteiger partial charge in [0, 0.05) is 30.9 Å². The van der Waals surface area contributed by atoms with Crippen molar-refractivity contribution in [2.45, 2.75) is 32.8 Å². The fourth-order valence-electron chi connectivity index (χ4n) is 4.36. The van der Waals surface area contributed by atoms with Crippen molar-refractivity contribution in [3.8, 4) is 0 Å². The van der Waals surface area contributed by atoms with E-state index in [-0.39, 0.29) is 29.3 Å². The Morgan fingerprint density at radius 1 is 1.14 bits per heavy atom. The molecule has 2 heterocycles. The lowest BCUT2D eigenvalue weighted by molar-refractivity contribution is 0.122. The lowest BCUT2D eigenvalue weighted by Gasteiger charge is -2.27. The zero-order valence-electron chi connectivity index (χ0n) is 21.0. The number of amides is 1. The van der Waals surface area contributed by atoms with Gasteiger partial charge in [-0.05, 0) is 36.6 Å². The summed E-state index contributed by atoms with van der Waals surface area (Å²) in [6, 6.07) is 7.02. The summed E-state index contributed by atoms with van der Waals surface area (Å²) < 4.78 is 41.1. The van der Waals surface area contributed by atoms with Crippen molar-refractivity contribution in [2.24, 2.45) is 0 Å². The number of hydrogen-bond acceptors (Lipinski definition) is 7. The minimum Gasteiger partial charge on any atom is -0.442 e. The minimum atomic E-state index is -0.879. The van der Waals surface area contributed by atoms with Crippen LogP contribution in [0.3, 0.4) is 0 Å². The SMILES string of the molecule is CC(=S)NC[C@H]1CN(c2cc(F)c(Nc3ccc(N4CCOCC4)c(=O)cc3C(C)C)c(F)c2)C(=O)O1. The van der Waals surface area contributed by atoms with Gasteiger partial charge in [-0.25, -0.2) is 13.6 Å². The number of benzene rings is 1. The van der Waals surface area contributed by atoms with E-state index in [1.54, 1.807) is 19.1 Å². The number of morpholine rings is 1. The van der Waals surface area contributed by atoms with Gasteiger partial charge in [-0.15, -0.1) is 0 Å². The molecule has 1 atom stereocenters. The Balaban J connectivity index is 1.61. The summed E-state index contributed by atoms with van der Waals surface area (Å²) in [7, 11) is 0. The van der Waals surface area contributed by atoms with Crippen molar-refractivity contribution in [3.63, 3.8) is 0 Å². The summed E-state index contributed by atoms with van der Waals surface area (Å²) in [5.74, 6) is -1.85. The van der Waals surface area contributed by atoms with Crippen LogP contribution in [0.1, 0.15) is 32.3 Å². The topological polar surface area (TPSA) is 83.1 Å². The molecule has 1 amide bonds. The predicted molar refractivity (Wildman–Crippen MR) is 143 cm³/mol. The maximum Gasteiger partial charge on any atom is 0.414 e. The second kappa shape index (κ2) is 11.4. The van der Waals surface area contributed by atoms with E-state index in [0.717, 1.165) is 12.1 Å². The molecule has 2 fully saturated rings. The molecule has 0 radical (unpaired) electrons. The molecule has 37 heavy (non-hydrogen) atoms. The van der Waals surface area contributed by atoms with E-state index in [1.807, 2.05) is 18.7 Å². The first-order chi connectivity index (χ1) is 17.6. The summed E-state index contributed by atoms with van der Waals surface area (Å²) in [5, 5.41) is 5.77. The number of thiocarbonyl (C=S) groups is 1. The molecule has 2 aromatic rings. The van der Waals surface area contributed by atoms with Crippen LogP contribution < -0.4 is 25.9 Å². The van der Waals surface area contributed by atoms with E-state index in [0.29, 0.717) is 54.8 Å². The van der Waals surface area contributed by atoms with Gasteiger partial charge < -0.3 is 25.0 Å². The number of nitrogens with zero attached hydrogens (tertiary/aromatic N) is 2. The van der Waals surface area contributed by atoms with Crippen molar-refractivity contribution >= 4 is 46.0 Å². The molecule has 4 rings (SSSR count). The molecule has 2 saturated heterocycles. The fourth-order valence-corrected chi connectivity index (χ4v) is 4.44. The van der Waals surface area contributed by atoms with Gasteiger partial charge in [0.15, 0.2) is 11.6 Å². The summed E-state index contributed by atoms with van der Waals surface area (Å²) in [5.41, 5.74) is 1.05. The standard InChI is InChI=1S/C26H30F2N4O4S/c1-15(2)19-12-24(33)23(31-6-8-35-9-7-31)5-4-22(19)30-25-20(27)10-17(11-21(25)28)32-14-18(36-26(32)34)13-29-16(3)37/h4-5,10-12,15,18,30H,6-9,13-14H2,1-3H3,(H,29,37)/t18-/m0/s1. The van der Waals surface area contributed by atoms with E-state index in [2.05, 4.69) is 10.6 Å². The zero-order valence-corrected chi connectivity index (χ0v) is 21.8. The molecule has 2 aliphatic heterocycles. The number of carbonyl (C=O) groups is 1. The molecular formula is C26H30F2N4O4S. The van der Waals surface area contributed by atoms with Crippen molar-refractivity contribution in [1.82, 2.24) is 5.32 Å². The molecule has 0 aliphatic carbocycles. The zero-order chi connectivity index (χ0) is 26.7. The molecule has 0 bridgehead atoms. The Hall–Kier alpha value is -3.31. The van der Waals surface area contributed by atoms with Crippen LogP contribution in [0.2, 0.25) is 0 Å². The van der Waals surface area contributed by atoms with Crippen LogP contribution in [0.25, 0.3) is 0 Å². The normalized spacial score (nSPS) is 17.7. The summed E-state index contributed by atoms with van der Waals surface area (Å²) in [4.78, 5) is 29.0. The van der Waals surface area contributed by atoms with Gasteiger partial charge in [0.1, 0.15) is 11.8 Å². The highest BCUT2D eigenvalue weighted by Crippen LogP contribution is 2.33. The number of hydrogen-bond donors (Lipinski definition) is 2. The van der Waals surface area contributed by atoms with Gasteiger partial charge in [-0.2, -0.15) is 0 Å². The minimum absolute atomic E-state index is 0.0475. The van der Waals surface area contributed by atoms with Crippen LogP contribution >= 0.6 is 12.2 Å².